The number of carbonyl (C=O) groups excluding carboxylic acids is 9. The molecule has 2 aliphatic carbocycles. The van der Waals surface area contributed by atoms with Crippen molar-refractivity contribution in [3.63, 3.8) is 0 Å². The van der Waals surface area contributed by atoms with Gasteiger partial charge < -0.3 is 74.5 Å². The number of H-pyrrole nitrogens is 1. The number of aromatic amines is 1. The first kappa shape index (κ1) is 54.1. The summed E-state index contributed by atoms with van der Waals surface area (Å²) in [7, 11) is 9.91. The number of piperidine rings is 1. The maximum Gasteiger partial charge on any atom is 0.291 e. The Balaban J connectivity index is 0.662. The third-order valence-electron chi connectivity index (χ3n) is 14.8. The molecule has 1 spiro atoms. The Kier molecular flexibility index (Phi) is 13.9. The van der Waals surface area contributed by atoms with E-state index in [0.717, 1.165) is 28.9 Å². The van der Waals surface area contributed by atoms with E-state index in [1.54, 1.807) is 99.3 Å². The molecule has 26 nitrogen and oxygen atoms in total. The van der Waals surface area contributed by atoms with Crippen LogP contribution in [-0.2, 0) is 62.1 Å². The van der Waals surface area contributed by atoms with E-state index in [0.29, 0.717) is 40.7 Å². The zero-order valence-electron chi connectivity index (χ0n) is 45.8. The topological polar surface area (TPSA) is 312 Å². The summed E-state index contributed by atoms with van der Waals surface area (Å²) < 4.78 is 9.29. The van der Waals surface area contributed by atoms with Crippen molar-refractivity contribution in [3.05, 3.63) is 136 Å². The number of hydrogen-bond acceptors (Lipinski definition) is 11. The van der Waals surface area contributed by atoms with Gasteiger partial charge in [0, 0.05) is 141 Å². The average molecular weight is 1100 g/mol. The molecule has 418 valence electrons. The largest absolute Gasteiger partial charge is 0.355 e. The monoisotopic (exact) mass is 1100 g/mol. The number of amides is 8. The van der Waals surface area contributed by atoms with Crippen molar-refractivity contribution in [2.45, 2.75) is 45.4 Å². The number of hydrogen-bond donors (Lipinski definition) is 8. The van der Waals surface area contributed by atoms with Gasteiger partial charge in [-0.1, -0.05) is 0 Å². The van der Waals surface area contributed by atoms with Gasteiger partial charge in [0.15, 0.2) is 11.6 Å². The number of imidazole rings is 2. The molecule has 0 unspecified atom stereocenters. The van der Waals surface area contributed by atoms with Crippen molar-refractivity contribution in [2.24, 2.45) is 48.2 Å². The van der Waals surface area contributed by atoms with E-state index in [-0.39, 0.29) is 88.7 Å². The summed E-state index contributed by atoms with van der Waals surface area (Å²) in [6, 6.07) is 6.23. The van der Waals surface area contributed by atoms with Gasteiger partial charge in [0.2, 0.25) is 29.2 Å². The lowest BCUT2D eigenvalue weighted by Crippen LogP contribution is -2.32. The van der Waals surface area contributed by atoms with Crippen LogP contribution in [-0.4, -0.2) is 113 Å². The lowest BCUT2D eigenvalue weighted by atomic mass is 9.83. The van der Waals surface area contributed by atoms with Crippen molar-refractivity contribution < 1.29 is 43.2 Å². The lowest BCUT2D eigenvalue weighted by molar-refractivity contribution is -0.124. The predicted octanol–water partition coefficient (Wildman–Crippen LogP) is 4.46. The zero-order chi connectivity index (χ0) is 57.9. The Morgan fingerprint density at radius 2 is 1.15 bits per heavy atom. The molecule has 8 N–H and O–H groups in total. The standard InChI is InChI=1S/C55H59N17O9/c1-28-29(2)57-47-40(74)19-41-55(46(28)47)20-31(55)21-72(41)45(76)13-12-36-15-32(22-66(36)4)59-51(78)38-17-34(24-68(38)6)62-54(81)49-65-43(27-71(49)9)63-44(75)11-10-14-56-50(77)37-16-33(23-67(37)5)60-52(79)39-18-35(25-69(39)7)61-53(80)48-64-42(26-70(48)8)58-30(3)73/h12-13,15-19,22-27,31,57H,10-11,14,20-21H2,1-9H3,(H,56,77)(H,58,73)(H,59,78)(H,60,79)(H,61,80)(H,62,81)(H,63,75)/b13-12+/t31-,55+/m1/s1. The third kappa shape index (κ3) is 10.5. The van der Waals surface area contributed by atoms with Gasteiger partial charge in [0.05, 0.1) is 28.4 Å². The second-order valence-electron chi connectivity index (χ2n) is 20.6. The van der Waals surface area contributed by atoms with Crippen molar-refractivity contribution in [1.82, 2.24) is 52.6 Å². The van der Waals surface area contributed by atoms with Gasteiger partial charge in [-0.3, -0.25) is 43.2 Å². The van der Waals surface area contributed by atoms with Gasteiger partial charge in [-0.2, -0.15) is 0 Å². The fraction of sp³-hybridized carbons (Fsp3) is 0.291. The van der Waals surface area contributed by atoms with Crippen LogP contribution in [0.4, 0.5) is 34.4 Å². The number of nitrogens with one attached hydrogen (secondary N) is 8. The van der Waals surface area contributed by atoms with Crippen LogP contribution in [0.3, 0.4) is 0 Å². The first-order chi connectivity index (χ1) is 38.5. The number of carbonyl (C=O) groups is 9. The van der Waals surface area contributed by atoms with Crippen molar-refractivity contribution in [2.75, 3.05) is 45.0 Å². The van der Waals surface area contributed by atoms with Crippen molar-refractivity contribution in [3.8, 4) is 0 Å². The highest BCUT2D eigenvalue weighted by molar-refractivity contribution is 6.10. The molecule has 3 aliphatic rings. The number of nitrogens with zero attached hydrogens (tertiary/aromatic N) is 9. The summed E-state index contributed by atoms with van der Waals surface area (Å²) in [5, 5.41) is 19.1. The number of ketones is 1. The van der Waals surface area contributed by atoms with Gasteiger partial charge in [0.25, 0.3) is 35.4 Å². The molecule has 10 rings (SSSR count). The molecule has 8 amide bonds. The summed E-state index contributed by atoms with van der Waals surface area (Å²) >= 11 is 0. The Labute approximate surface area is 462 Å². The van der Waals surface area contributed by atoms with E-state index in [2.05, 4.69) is 52.2 Å². The van der Waals surface area contributed by atoms with E-state index in [1.807, 2.05) is 13.8 Å². The minimum Gasteiger partial charge on any atom is -0.355 e. The van der Waals surface area contributed by atoms with E-state index in [9.17, 15) is 43.2 Å². The molecule has 1 saturated carbocycles. The normalized spacial score (nSPS) is 15.9. The summed E-state index contributed by atoms with van der Waals surface area (Å²) in [6.45, 7) is 5.99. The Hall–Kier alpha value is -10.3. The lowest BCUT2D eigenvalue weighted by Gasteiger charge is -2.27. The highest BCUT2D eigenvalue weighted by atomic mass is 16.2. The molecular weight excluding hydrogens is 1040 g/mol. The number of fused-ring (bicyclic) bond motifs is 1. The molecule has 0 aromatic carbocycles. The highest BCUT2D eigenvalue weighted by Gasteiger charge is 2.68. The van der Waals surface area contributed by atoms with Crippen LogP contribution in [0, 0.1) is 19.8 Å². The molecule has 2 atom stereocenters. The molecule has 7 aromatic rings. The van der Waals surface area contributed by atoms with Crippen LogP contribution in [0.25, 0.3) is 6.08 Å². The molecule has 26 heteroatoms. The second kappa shape index (κ2) is 20.8. The maximum atomic E-state index is 13.6. The summed E-state index contributed by atoms with van der Waals surface area (Å²) in [5.41, 5.74) is 6.94. The van der Waals surface area contributed by atoms with Crippen LogP contribution >= 0.6 is 0 Å². The number of rotatable bonds is 17. The Morgan fingerprint density at radius 3 is 1.70 bits per heavy atom. The Bertz CT molecular complexity index is 3900. The van der Waals surface area contributed by atoms with Gasteiger partial charge in [-0.05, 0) is 74.1 Å². The van der Waals surface area contributed by atoms with Crippen LogP contribution in [0.2, 0.25) is 0 Å². The molecule has 1 aliphatic heterocycles. The third-order valence-corrected chi connectivity index (χ3v) is 14.8. The summed E-state index contributed by atoms with van der Waals surface area (Å²) in [6.07, 6.45) is 15.3. The van der Waals surface area contributed by atoms with Gasteiger partial charge in [-0.15, -0.1) is 0 Å². The molecule has 0 radical (unpaired) electrons. The molecule has 0 bridgehead atoms. The average Bonchev–Trinajstić information content (AvgIpc) is 1.82. The molecule has 8 heterocycles. The van der Waals surface area contributed by atoms with Gasteiger partial charge >= 0.3 is 0 Å². The van der Waals surface area contributed by atoms with Gasteiger partial charge in [0.1, 0.15) is 17.1 Å². The molecule has 1 saturated heterocycles. The smallest absolute Gasteiger partial charge is 0.291 e. The van der Waals surface area contributed by atoms with E-state index < -0.39 is 35.4 Å². The zero-order valence-corrected chi connectivity index (χ0v) is 45.8. The molecular formula is C55H59N17O9. The first-order valence-electron chi connectivity index (χ1n) is 25.8. The minimum absolute atomic E-state index is 0.0131. The minimum atomic E-state index is -0.597. The summed E-state index contributed by atoms with van der Waals surface area (Å²) in [5.74, 6) is -3.03. The SMILES string of the molecule is CC(=O)Nc1cn(C)c(C(=O)Nc2cc(C(=O)Nc3cc(C(=O)NCCCC(=O)Nc4cn(C)c(C(=O)Nc5cc(C(=O)Nc6cc(/C=C/C(=O)N7C[C@H]8C[C@@]89C7=CC(=O)c7[nH]c(C)c(C)c79)n(C)c6)n(C)c5)n4)n(C)c3)n(C)c2)n1. The van der Waals surface area contributed by atoms with E-state index in [1.165, 1.54) is 61.9 Å². The number of aromatic nitrogens is 9. The van der Waals surface area contributed by atoms with E-state index in [4.69, 9.17) is 0 Å². The number of aryl methyl sites for hydroxylation is 7. The van der Waals surface area contributed by atoms with Crippen molar-refractivity contribution >= 4 is 93.5 Å². The van der Waals surface area contributed by atoms with Crippen LogP contribution in [0.15, 0.2) is 79.3 Å². The highest BCUT2D eigenvalue weighted by Crippen LogP contribution is 2.67. The molecule has 7 aromatic heterocycles. The number of allylic oxidation sites excluding steroid dienone is 2. The molecule has 2 fully saturated rings. The van der Waals surface area contributed by atoms with E-state index >= 15 is 0 Å². The maximum absolute atomic E-state index is 13.6. The number of anilines is 6. The van der Waals surface area contributed by atoms with Crippen LogP contribution in [0.1, 0.15) is 112 Å². The second-order valence-corrected chi connectivity index (χ2v) is 20.6. The quantitative estimate of drug-likeness (QED) is 0.0465. The van der Waals surface area contributed by atoms with Crippen molar-refractivity contribution in [1.29, 1.82) is 0 Å². The van der Waals surface area contributed by atoms with Crippen LogP contribution < -0.4 is 37.2 Å². The summed E-state index contributed by atoms with van der Waals surface area (Å²) in [4.78, 5) is 131. The number of likely N-dealkylation sites (tertiary alicyclic amines) is 1. The fourth-order valence-corrected chi connectivity index (χ4v) is 10.7. The first-order valence-corrected chi connectivity index (χ1v) is 25.8. The Morgan fingerprint density at radius 1 is 0.642 bits per heavy atom. The van der Waals surface area contributed by atoms with Crippen LogP contribution in [0.5, 0.6) is 0 Å². The fourth-order valence-electron chi connectivity index (χ4n) is 10.7. The molecule has 81 heavy (non-hydrogen) atoms. The van der Waals surface area contributed by atoms with Gasteiger partial charge in [-0.25, -0.2) is 9.97 Å². The predicted molar refractivity (Wildman–Crippen MR) is 298 cm³/mol.